The summed E-state index contributed by atoms with van der Waals surface area (Å²) >= 11 is 0. The van der Waals surface area contributed by atoms with Crippen molar-refractivity contribution < 1.29 is 18.9 Å². The Balaban J connectivity index is 0.000000121. The van der Waals surface area contributed by atoms with E-state index < -0.39 is 0 Å². The fourth-order valence-corrected chi connectivity index (χ4v) is 3.11. The fourth-order valence-electron chi connectivity index (χ4n) is 3.11. The summed E-state index contributed by atoms with van der Waals surface area (Å²) in [4.78, 5) is 0. The van der Waals surface area contributed by atoms with Gasteiger partial charge in [-0.1, -0.05) is 13.8 Å². The van der Waals surface area contributed by atoms with E-state index in [0.717, 1.165) is 39.3 Å². The molecule has 0 aromatic rings. The number of rotatable bonds is 0. The molecule has 6 aliphatic rings. The summed E-state index contributed by atoms with van der Waals surface area (Å²) in [6.45, 7) is 12.0. The summed E-state index contributed by atoms with van der Waals surface area (Å²) in [6, 6.07) is 0. The highest BCUT2D eigenvalue weighted by atomic mass is 16.7. The SMILES string of the molecule is CC12CCC(C)(OC1)OC2.CC12CCC(C)(OC1)OC2. The molecule has 0 aromatic heterocycles. The maximum absolute atomic E-state index is 5.55. The maximum atomic E-state index is 5.55. The van der Waals surface area contributed by atoms with E-state index in [4.69, 9.17) is 18.9 Å². The Bertz CT molecular complexity index is 258. The number of hydrogen-bond acceptors (Lipinski definition) is 4. The molecule has 4 nitrogen and oxygen atoms in total. The van der Waals surface area contributed by atoms with Crippen molar-refractivity contribution in [2.45, 2.75) is 65.0 Å². The van der Waals surface area contributed by atoms with Crippen LogP contribution in [0.15, 0.2) is 0 Å². The Labute approximate surface area is 122 Å². The van der Waals surface area contributed by atoms with Gasteiger partial charge in [-0.15, -0.1) is 0 Å². The largest absolute Gasteiger partial charge is 0.350 e. The molecule has 6 saturated heterocycles. The molecule has 0 N–H and O–H groups in total. The highest BCUT2D eigenvalue weighted by Crippen LogP contribution is 2.43. The van der Waals surface area contributed by atoms with Crippen molar-refractivity contribution in [2.75, 3.05) is 26.4 Å². The normalized spacial score (nSPS) is 53.4. The smallest absolute Gasteiger partial charge is 0.165 e. The Morgan fingerprint density at radius 3 is 0.950 bits per heavy atom. The van der Waals surface area contributed by atoms with Crippen LogP contribution < -0.4 is 0 Å². The summed E-state index contributed by atoms with van der Waals surface area (Å²) in [5, 5.41) is 0. The lowest BCUT2D eigenvalue weighted by molar-refractivity contribution is -0.328. The van der Waals surface area contributed by atoms with Crippen molar-refractivity contribution in [3.05, 3.63) is 0 Å². The molecule has 6 rings (SSSR count). The van der Waals surface area contributed by atoms with E-state index in [0.29, 0.717) is 10.8 Å². The van der Waals surface area contributed by atoms with Crippen LogP contribution in [-0.2, 0) is 18.9 Å². The minimum atomic E-state index is -0.238. The van der Waals surface area contributed by atoms with E-state index in [1.165, 1.54) is 12.8 Å². The van der Waals surface area contributed by atoms with Crippen molar-refractivity contribution in [3.63, 3.8) is 0 Å². The number of ether oxygens (including phenoxy) is 4. The number of fused-ring (bicyclic) bond motifs is 6. The molecule has 0 spiro atoms. The van der Waals surface area contributed by atoms with E-state index in [-0.39, 0.29) is 11.6 Å². The van der Waals surface area contributed by atoms with Crippen LogP contribution in [0.25, 0.3) is 0 Å². The van der Waals surface area contributed by atoms with Crippen molar-refractivity contribution in [1.29, 1.82) is 0 Å². The zero-order chi connectivity index (χ0) is 14.5. The van der Waals surface area contributed by atoms with Crippen LogP contribution in [-0.4, -0.2) is 38.0 Å². The van der Waals surface area contributed by atoms with Crippen molar-refractivity contribution >= 4 is 0 Å². The summed E-state index contributed by atoms with van der Waals surface area (Å²) in [7, 11) is 0. The van der Waals surface area contributed by atoms with Crippen LogP contribution in [0.2, 0.25) is 0 Å². The van der Waals surface area contributed by atoms with Crippen LogP contribution in [0, 0.1) is 10.8 Å². The molecule has 6 fully saturated rings. The van der Waals surface area contributed by atoms with Gasteiger partial charge >= 0.3 is 0 Å². The Morgan fingerprint density at radius 1 is 0.500 bits per heavy atom. The molecule has 6 aliphatic heterocycles. The van der Waals surface area contributed by atoms with Gasteiger partial charge in [0.25, 0.3) is 0 Å². The molecule has 4 heteroatoms. The van der Waals surface area contributed by atoms with Gasteiger partial charge in [-0.3, -0.25) is 0 Å². The molecule has 0 amide bonds. The van der Waals surface area contributed by atoms with E-state index in [2.05, 4.69) is 13.8 Å². The molecule has 0 atom stereocenters. The lowest BCUT2D eigenvalue weighted by atomic mass is 9.80. The van der Waals surface area contributed by atoms with Crippen LogP contribution in [0.3, 0.4) is 0 Å². The van der Waals surface area contributed by atoms with Gasteiger partial charge < -0.3 is 18.9 Å². The van der Waals surface area contributed by atoms with Gasteiger partial charge in [0, 0.05) is 23.7 Å². The Morgan fingerprint density at radius 2 is 0.800 bits per heavy atom. The first-order valence-corrected chi connectivity index (χ1v) is 7.80. The summed E-state index contributed by atoms with van der Waals surface area (Å²) < 4.78 is 22.2. The van der Waals surface area contributed by atoms with Gasteiger partial charge in [0.15, 0.2) is 11.6 Å². The fraction of sp³-hybridized carbons (Fsp3) is 1.00. The van der Waals surface area contributed by atoms with Crippen LogP contribution >= 0.6 is 0 Å². The third-order valence-corrected chi connectivity index (χ3v) is 5.27. The summed E-state index contributed by atoms with van der Waals surface area (Å²) in [5.41, 5.74) is 0.634. The van der Waals surface area contributed by atoms with Gasteiger partial charge in [0.05, 0.1) is 26.4 Å². The average Bonchev–Trinajstić information content (AvgIpc) is 2.44. The molecule has 20 heavy (non-hydrogen) atoms. The van der Waals surface area contributed by atoms with Crippen LogP contribution in [0.4, 0.5) is 0 Å². The molecule has 0 radical (unpaired) electrons. The zero-order valence-corrected chi connectivity index (χ0v) is 13.3. The third kappa shape index (κ3) is 2.89. The molecular formula is C16H28O4. The molecule has 6 heterocycles. The second-order valence-electron chi connectivity index (χ2n) is 8.04. The van der Waals surface area contributed by atoms with E-state index in [1.807, 2.05) is 13.8 Å². The second-order valence-corrected chi connectivity index (χ2v) is 8.04. The average molecular weight is 284 g/mol. The lowest BCUT2D eigenvalue weighted by Gasteiger charge is -2.49. The van der Waals surface area contributed by atoms with E-state index in [9.17, 15) is 0 Å². The number of hydrogen-bond donors (Lipinski definition) is 0. The van der Waals surface area contributed by atoms with Crippen LogP contribution in [0.5, 0.6) is 0 Å². The molecule has 4 bridgehead atoms. The van der Waals surface area contributed by atoms with Gasteiger partial charge in [-0.05, 0) is 26.7 Å². The van der Waals surface area contributed by atoms with Gasteiger partial charge in [0.1, 0.15) is 0 Å². The maximum Gasteiger partial charge on any atom is 0.165 e. The minimum Gasteiger partial charge on any atom is -0.350 e. The molecule has 0 aliphatic carbocycles. The summed E-state index contributed by atoms with van der Waals surface area (Å²) in [6.07, 6.45) is 4.62. The van der Waals surface area contributed by atoms with E-state index >= 15 is 0 Å². The first-order chi connectivity index (χ1) is 9.24. The minimum absolute atomic E-state index is 0.238. The lowest BCUT2D eigenvalue weighted by Crippen LogP contribution is -2.52. The van der Waals surface area contributed by atoms with Crippen LogP contribution in [0.1, 0.15) is 53.4 Å². The molecule has 0 unspecified atom stereocenters. The standard InChI is InChI=1S/2C8H14O2/c2*1-7-3-4-8(2,9-5-7)10-6-7/h2*3-6H2,1-2H3. The highest BCUT2D eigenvalue weighted by Gasteiger charge is 2.46. The predicted octanol–water partition coefficient (Wildman–Crippen LogP) is 3.10. The molecule has 116 valence electrons. The van der Waals surface area contributed by atoms with Gasteiger partial charge in [-0.2, -0.15) is 0 Å². The van der Waals surface area contributed by atoms with E-state index in [1.54, 1.807) is 0 Å². The first kappa shape index (κ1) is 14.8. The Hall–Kier alpha value is -0.160. The van der Waals surface area contributed by atoms with Crippen molar-refractivity contribution in [1.82, 2.24) is 0 Å². The zero-order valence-electron chi connectivity index (χ0n) is 13.3. The topological polar surface area (TPSA) is 36.9 Å². The van der Waals surface area contributed by atoms with Gasteiger partial charge in [-0.25, -0.2) is 0 Å². The molecule has 0 aromatic carbocycles. The van der Waals surface area contributed by atoms with Gasteiger partial charge in [0.2, 0.25) is 0 Å². The third-order valence-electron chi connectivity index (χ3n) is 5.27. The molecule has 0 saturated carbocycles. The second kappa shape index (κ2) is 4.67. The monoisotopic (exact) mass is 284 g/mol. The molecular weight excluding hydrogens is 256 g/mol. The highest BCUT2D eigenvalue weighted by molar-refractivity contribution is 4.88. The quantitative estimate of drug-likeness (QED) is 0.685. The van der Waals surface area contributed by atoms with Crippen molar-refractivity contribution in [2.24, 2.45) is 10.8 Å². The predicted molar refractivity (Wildman–Crippen MR) is 75.3 cm³/mol. The summed E-state index contributed by atoms with van der Waals surface area (Å²) in [5.74, 6) is -0.477. The first-order valence-electron chi connectivity index (χ1n) is 7.80. The Kier molecular flexibility index (Phi) is 3.45. The van der Waals surface area contributed by atoms with Crippen molar-refractivity contribution in [3.8, 4) is 0 Å².